The van der Waals surface area contributed by atoms with Crippen molar-refractivity contribution < 1.29 is 10.2 Å². The lowest BCUT2D eigenvalue weighted by molar-refractivity contribution is 0.0147. The van der Waals surface area contributed by atoms with Crippen molar-refractivity contribution in [1.29, 1.82) is 0 Å². The van der Waals surface area contributed by atoms with Crippen LogP contribution in [0.25, 0.3) is 0 Å². The summed E-state index contributed by atoms with van der Waals surface area (Å²) in [5.41, 5.74) is 0.420. The lowest BCUT2D eigenvalue weighted by atomic mass is 10.1. The Morgan fingerprint density at radius 3 is 2.64 bits per heavy atom. The Hall–Kier alpha value is -0.290. The van der Waals surface area contributed by atoms with E-state index in [1.54, 1.807) is 12.1 Å². The van der Waals surface area contributed by atoms with E-state index in [0.29, 0.717) is 22.9 Å². The summed E-state index contributed by atoms with van der Waals surface area (Å²) in [6.07, 6.45) is 0.0582. The highest BCUT2D eigenvalue weighted by atomic mass is 35.5. The molecule has 0 aliphatic rings. The topological polar surface area (TPSA) is 53.4 Å². The van der Waals surface area contributed by atoms with Crippen molar-refractivity contribution in [3.63, 3.8) is 0 Å². The minimum absolute atomic E-state index is 0.420. The van der Waals surface area contributed by atoms with E-state index in [2.05, 4.69) is 17.6 Å². The molecule has 2 N–H and O–H groups in total. The molecule has 1 aromatic rings. The normalized spacial score (nSPS) is 15.1. The van der Waals surface area contributed by atoms with Crippen LogP contribution in [0.3, 0.4) is 0 Å². The van der Waals surface area contributed by atoms with Crippen molar-refractivity contribution in [1.82, 2.24) is 4.98 Å². The van der Waals surface area contributed by atoms with Crippen molar-refractivity contribution in [3.8, 4) is 0 Å². The van der Waals surface area contributed by atoms with Crippen molar-refractivity contribution in [3.05, 3.63) is 29.0 Å². The first kappa shape index (κ1) is 11.8. The van der Waals surface area contributed by atoms with Gasteiger partial charge in [0, 0.05) is 6.20 Å². The first-order valence-electron chi connectivity index (χ1n) is 4.23. The van der Waals surface area contributed by atoms with Gasteiger partial charge in [0.25, 0.3) is 0 Å². The number of thiol groups is 1. The fourth-order valence-corrected chi connectivity index (χ4v) is 1.43. The summed E-state index contributed by atoms with van der Waals surface area (Å²) < 4.78 is 0. The molecule has 1 rings (SSSR count). The van der Waals surface area contributed by atoms with Crippen LogP contribution in [0, 0.1) is 0 Å². The zero-order valence-electron chi connectivity index (χ0n) is 7.47. The molecule has 2 atom stereocenters. The van der Waals surface area contributed by atoms with E-state index < -0.39 is 12.2 Å². The largest absolute Gasteiger partial charge is 0.390 e. The van der Waals surface area contributed by atoms with Gasteiger partial charge >= 0.3 is 0 Å². The molecule has 0 fully saturated rings. The maximum Gasteiger partial charge on any atom is 0.122 e. The molecule has 1 heterocycles. The van der Waals surface area contributed by atoms with Crippen molar-refractivity contribution in [2.24, 2.45) is 0 Å². The van der Waals surface area contributed by atoms with Crippen LogP contribution in [0.1, 0.15) is 18.2 Å². The Morgan fingerprint density at radius 2 is 2.14 bits per heavy atom. The Kier molecular flexibility index (Phi) is 4.68. The van der Waals surface area contributed by atoms with Gasteiger partial charge in [0.2, 0.25) is 0 Å². The zero-order valence-corrected chi connectivity index (χ0v) is 9.12. The van der Waals surface area contributed by atoms with Gasteiger partial charge in [-0.2, -0.15) is 12.6 Å². The van der Waals surface area contributed by atoms with Crippen molar-refractivity contribution in [2.45, 2.75) is 18.6 Å². The minimum Gasteiger partial charge on any atom is -0.390 e. The zero-order chi connectivity index (χ0) is 10.6. The maximum atomic E-state index is 9.62. The van der Waals surface area contributed by atoms with E-state index in [1.807, 2.05) is 0 Å². The molecule has 0 bridgehead atoms. The van der Waals surface area contributed by atoms with Crippen LogP contribution in [-0.2, 0) is 0 Å². The first-order valence-corrected chi connectivity index (χ1v) is 5.24. The number of hydrogen-bond donors (Lipinski definition) is 3. The predicted octanol–water partition coefficient (Wildman–Crippen LogP) is 1.45. The van der Waals surface area contributed by atoms with E-state index in [4.69, 9.17) is 11.6 Å². The minimum atomic E-state index is -0.973. The molecule has 14 heavy (non-hydrogen) atoms. The molecule has 0 radical (unpaired) electrons. The predicted molar refractivity (Wildman–Crippen MR) is 58.7 cm³/mol. The fraction of sp³-hybridized carbons (Fsp3) is 0.444. The summed E-state index contributed by atoms with van der Waals surface area (Å²) in [5.74, 6) is 0.520. The fourth-order valence-electron chi connectivity index (χ4n) is 1.05. The number of aliphatic hydroxyl groups excluding tert-OH is 2. The second-order valence-electron chi connectivity index (χ2n) is 2.93. The second-order valence-corrected chi connectivity index (χ2v) is 3.81. The quantitative estimate of drug-likeness (QED) is 0.690. The second kappa shape index (κ2) is 5.56. The van der Waals surface area contributed by atoms with E-state index in [1.165, 1.54) is 6.20 Å². The third-order valence-electron chi connectivity index (χ3n) is 1.84. The van der Waals surface area contributed by atoms with Crippen LogP contribution in [-0.4, -0.2) is 27.1 Å². The molecule has 0 saturated heterocycles. The summed E-state index contributed by atoms with van der Waals surface area (Å²) in [6.45, 7) is 0. The highest BCUT2D eigenvalue weighted by molar-refractivity contribution is 7.80. The van der Waals surface area contributed by atoms with Crippen LogP contribution in [0.15, 0.2) is 18.3 Å². The Labute approximate surface area is 93.2 Å². The van der Waals surface area contributed by atoms with Crippen LogP contribution in [0.2, 0.25) is 5.02 Å². The average Bonchev–Trinajstić information content (AvgIpc) is 2.18. The number of rotatable bonds is 4. The summed E-state index contributed by atoms with van der Waals surface area (Å²) in [4.78, 5) is 3.91. The Balaban J connectivity index is 2.68. The SMILES string of the molecule is OC(CCS)C(O)c1ccc(Cl)cn1. The average molecular weight is 234 g/mol. The molecule has 78 valence electrons. The summed E-state index contributed by atoms with van der Waals surface area (Å²) in [6, 6.07) is 3.22. The van der Waals surface area contributed by atoms with Gasteiger partial charge in [-0.3, -0.25) is 4.98 Å². The van der Waals surface area contributed by atoms with Crippen LogP contribution < -0.4 is 0 Å². The molecule has 0 spiro atoms. The van der Waals surface area contributed by atoms with E-state index in [-0.39, 0.29) is 0 Å². The van der Waals surface area contributed by atoms with Crippen LogP contribution in [0.4, 0.5) is 0 Å². The number of aliphatic hydroxyl groups is 2. The maximum absolute atomic E-state index is 9.62. The molecular weight excluding hydrogens is 222 g/mol. The molecule has 0 aromatic carbocycles. The lowest BCUT2D eigenvalue weighted by Gasteiger charge is -2.16. The van der Waals surface area contributed by atoms with Gasteiger partial charge < -0.3 is 10.2 Å². The highest BCUT2D eigenvalue weighted by Crippen LogP contribution is 2.18. The summed E-state index contributed by atoms with van der Waals surface area (Å²) in [5, 5.41) is 19.6. The monoisotopic (exact) mass is 233 g/mol. The highest BCUT2D eigenvalue weighted by Gasteiger charge is 2.18. The number of pyridine rings is 1. The van der Waals surface area contributed by atoms with Crippen molar-refractivity contribution >= 4 is 24.2 Å². The molecule has 0 amide bonds. The van der Waals surface area contributed by atoms with E-state index in [0.717, 1.165) is 0 Å². The molecule has 0 aliphatic heterocycles. The third kappa shape index (κ3) is 3.13. The Morgan fingerprint density at radius 1 is 1.43 bits per heavy atom. The first-order chi connectivity index (χ1) is 6.65. The molecule has 1 aromatic heterocycles. The molecule has 0 aliphatic carbocycles. The van der Waals surface area contributed by atoms with Gasteiger partial charge in [-0.25, -0.2) is 0 Å². The summed E-state index contributed by atoms with van der Waals surface area (Å²) >= 11 is 9.61. The van der Waals surface area contributed by atoms with Crippen LogP contribution >= 0.6 is 24.2 Å². The molecule has 3 nitrogen and oxygen atoms in total. The number of hydrogen-bond acceptors (Lipinski definition) is 4. The van der Waals surface area contributed by atoms with Gasteiger partial charge in [-0.1, -0.05) is 11.6 Å². The van der Waals surface area contributed by atoms with Crippen molar-refractivity contribution in [2.75, 3.05) is 5.75 Å². The van der Waals surface area contributed by atoms with Crippen LogP contribution in [0.5, 0.6) is 0 Å². The molecule has 0 saturated carbocycles. The standard InChI is InChI=1S/C9H12ClNO2S/c10-6-1-2-7(11-5-6)9(13)8(12)3-4-14/h1-2,5,8-9,12-14H,3-4H2. The molecule has 5 heteroatoms. The third-order valence-corrected chi connectivity index (χ3v) is 2.32. The molecule has 2 unspecified atom stereocenters. The number of halogens is 1. The van der Waals surface area contributed by atoms with E-state index in [9.17, 15) is 10.2 Å². The van der Waals surface area contributed by atoms with Gasteiger partial charge in [0.05, 0.1) is 16.8 Å². The van der Waals surface area contributed by atoms with Gasteiger partial charge in [0.1, 0.15) is 6.10 Å². The summed E-state index contributed by atoms with van der Waals surface area (Å²) in [7, 11) is 0. The van der Waals surface area contributed by atoms with Gasteiger partial charge in [-0.15, -0.1) is 0 Å². The molecular formula is C9H12ClNO2S. The number of aromatic nitrogens is 1. The number of nitrogens with zero attached hydrogens (tertiary/aromatic N) is 1. The van der Waals surface area contributed by atoms with E-state index >= 15 is 0 Å². The van der Waals surface area contributed by atoms with Gasteiger partial charge in [-0.05, 0) is 24.3 Å². The smallest absolute Gasteiger partial charge is 0.122 e. The lowest BCUT2D eigenvalue weighted by Crippen LogP contribution is -2.19. The van der Waals surface area contributed by atoms with Gasteiger partial charge in [0.15, 0.2) is 0 Å². The Bertz CT molecular complexity index is 281.